The molecule has 0 saturated carbocycles. The van der Waals surface area contributed by atoms with Crippen molar-refractivity contribution in [3.63, 3.8) is 0 Å². The molecule has 1 aliphatic rings. The van der Waals surface area contributed by atoms with Gasteiger partial charge < -0.3 is 10.1 Å². The van der Waals surface area contributed by atoms with Crippen molar-refractivity contribution >= 4 is 21.5 Å². The quantitative estimate of drug-likeness (QED) is 0.748. The number of sulfonamides is 1. The molecule has 9 heteroatoms. The van der Waals surface area contributed by atoms with Gasteiger partial charge in [-0.15, -0.1) is 0 Å². The first-order valence-electron chi connectivity index (χ1n) is 8.73. The van der Waals surface area contributed by atoms with Crippen molar-refractivity contribution in [1.82, 2.24) is 9.88 Å². The van der Waals surface area contributed by atoms with Gasteiger partial charge in [-0.1, -0.05) is 0 Å². The van der Waals surface area contributed by atoms with Gasteiger partial charge in [0.2, 0.25) is 0 Å². The molecule has 0 unspecified atom stereocenters. The van der Waals surface area contributed by atoms with Crippen LogP contribution < -0.4 is 10.0 Å². The van der Waals surface area contributed by atoms with Gasteiger partial charge in [0.25, 0.3) is 10.0 Å². The second-order valence-electron chi connectivity index (χ2n) is 6.33. The third-order valence-electron chi connectivity index (χ3n) is 4.28. The number of anilines is 2. The molecular weight excluding hydrogens is 371 g/mol. The summed E-state index contributed by atoms with van der Waals surface area (Å²) in [7, 11) is -3.80. The lowest BCUT2D eigenvalue weighted by molar-refractivity contribution is 0.0398. The number of pyridine rings is 1. The van der Waals surface area contributed by atoms with E-state index in [2.05, 4.69) is 19.9 Å². The van der Waals surface area contributed by atoms with Gasteiger partial charge in [-0.3, -0.25) is 9.62 Å². The van der Waals surface area contributed by atoms with Gasteiger partial charge in [-0.25, -0.2) is 17.8 Å². The number of halogens is 1. The molecule has 2 N–H and O–H groups in total. The van der Waals surface area contributed by atoms with E-state index in [0.29, 0.717) is 17.1 Å². The molecule has 1 aliphatic heterocycles. The SMILES string of the molecule is Cc1cc(F)ccc1S(=O)(=O)Nc1ccc(NCCN2CCOCC2)nc1. The van der Waals surface area contributed by atoms with E-state index in [0.717, 1.165) is 45.5 Å². The van der Waals surface area contributed by atoms with Crippen molar-refractivity contribution in [2.24, 2.45) is 0 Å². The molecule has 27 heavy (non-hydrogen) atoms. The fraction of sp³-hybridized carbons (Fsp3) is 0.389. The lowest BCUT2D eigenvalue weighted by atomic mass is 10.2. The van der Waals surface area contributed by atoms with Crippen molar-refractivity contribution in [3.8, 4) is 0 Å². The minimum atomic E-state index is -3.80. The Morgan fingerprint density at radius 2 is 2.00 bits per heavy atom. The van der Waals surface area contributed by atoms with Crippen molar-refractivity contribution in [2.75, 3.05) is 49.4 Å². The molecule has 7 nitrogen and oxygen atoms in total. The maximum absolute atomic E-state index is 13.2. The molecule has 0 aliphatic carbocycles. The fourth-order valence-electron chi connectivity index (χ4n) is 2.85. The third-order valence-corrected chi connectivity index (χ3v) is 5.82. The summed E-state index contributed by atoms with van der Waals surface area (Å²) in [5, 5.41) is 3.22. The number of benzene rings is 1. The largest absolute Gasteiger partial charge is 0.379 e. The van der Waals surface area contributed by atoms with E-state index < -0.39 is 15.8 Å². The number of aryl methyl sites for hydroxylation is 1. The Morgan fingerprint density at radius 1 is 1.22 bits per heavy atom. The zero-order valence-corrected chi connectivity index (χ0v) is 15.9. The first-order chi connectivity index (χ1) is 12.9. The summed E-state index contributed by atoms with van der Waals surface area (Å²) >= 11 is 0. The van der Waals surface area contributed by atoms with E-state index in [1.54, 1.807) is 19.1 Å². The first kappa shape index (κ1) is 19.5. The molecule has 146 valence electrons. The molecule has 3 rings (SSSR count). The second kappa shape index (κ2) is 8.64. The Bertz CT molecular complexity index is 869. The minimum Gasteiger partial charge on any atom is -0.379 e. The summed E-state index contributed by atoms with van der Waals surface area (Å²) in [6.07, 6.45) is 1.45. The van der Waals surface area contributed by atoms with E-state index in [9.17, 15) is 12.8 Å². The minimum absolute atomic E-state index is 0.0385. The number of nitrogens with one attached hydrogen (secondary N) is 2. The molecule has 0 bridgehead atoms. The van der Waals surface area contributed by atoms with E-state index >= 15 is 0 Å². The van der Waals surface area contributed by atoms with Gasteiger partial charge >= 0.3 is 0 Å². The van der Waals surface area contributed by atoms with Crippen molar-refractivity contribution in [2.45, 2.75) is 11.8 Å². The molecule has 1 aromatic heterocycles. The normalized spacial score (nSPS) is 15.5. The molecule has 0 radical (unpaired) electrons. The summed E-state index contributed by atoms with van der Waals surface area (Å²) in [6.45, 7) is 6.58. The maximum Gasteiger partial charge on any atom is 0.262 e. The topological polar surface area (TPSA) is 83.6 Å². The van der Waals surface area contributed by atoms with Gasteiger partial charge in [0.05, 0.1) is 30.0 Å². The standard InChI is InChI=1S/C18H23FN4O3S/c1-14-12-15(19)2-4-17(14)27(24,25)22-16-3-5-18(21-13-16)20-6-7-23-8-10-26-11-9-23/h2-5,12-13,22H,6-11H2,1H3,(H,20,21). The van der Waals surface area contributed by atoms with E-state index in [-0.39, 0.29) is 4.90 Å². The van der Waals surface area contributed by atoms with E-state index in [4.69, 9.17) is 4.74 Å². The molecule has 0 spiro atoms. The highest BCUT2D eigenvalue weighted by Gasteiger charge is 2.17. The molecule has 1 fully saturated rings. The van der Waals surface area contributed by atoms with Crippen LogP contribution in [0.15, 0.2) is 41.4 Å². The number of ether oxygens (including phenoxy) is 1. The molecule has 0 amide bonds. The highest BCUT2D eigenvalue weighted by atomic mass is 32.2. The van der Waals surface area contributed by atoms with Crippen molar-refractivity contribution in [3.05, 3.63) is 47.9 Å². The Balaban J connectivity index is 1.56. The van der Waals surface area contributed by atoms with Gasteiger partial charge in [-0.05, 0) is 42.8 Å². The number of nitrogens with zero attached hydrogens (tertiary/aromatic N) is 2. The Kier molecular flexibility index (Phi) is 6.25. The van der Waals surface area contributed by atoms with Gasteiger partial charge in [-0.2, -0.15) is 0 Å². The molecule has 0 atom stereocenters. The average Bonchev–Trinajstić information content (AvgIpc) is 2.63. The number of hydrogen-bond acceptors (Lipinski definition) is 6. The Labute approximate surface area is 158 Å². The highest BCUT2D eigenvalue weighted by Crippen LogP contribution is 2.20. The maximum atomic E-state index is 13.2. The molecule has 2 aromatic rings. The Morgan fingerprint density at radius 3 is 2.67 bits per heavy atom. The first-order valence-corrected chi connectivity index (χ1v) is 10.2. The summed E-state index contributed by atoms with van der Waals surface area (Å²) in [5.41, 5.74) is 0.689. The third kappa shape index (κ3) is 5.38. The number of morpholine rings is 1. The zero-order valence-electron chi connectivity index (χ0n) is 15.1. The van der Waals surface area contributed by atoms with Gasteiger partial charge in [0.1, 0.15) is 11.6 Å². The number of aromatic nitrogens is 1. The van der Waals surface area contributed by atoms with Crippen LogP contribution in [-0.2, 0) is 14.8 Å². The van der Waals surface area contributed by atoms with Crippen LogP contribution in [0.1, 0.15) is 5.56 Å². The zero-order chi connectivity index (χ0) is 19.3. The van der Waals surface area contributed by atoms with Crippen LogP contribution in [-0.4, -0.2) is 57.7 Å². The second-order valence-corrected chi connectivity index (χ2v) is 7.98. The fourth-order valence-corrected chi connectivity index (χ4v) is 4.12. The number of rotatable bonds is 7. The van der Waals surface area contributed by atoms with Crippen LogP contribution in [0.25, 0.3) is 0 Å². The smallest absolute Gasteiger partial charge is 0.262 e. The van der Waals surface area contributed by atoms with Gasteiger partial charge in [0.15, 0.2) is 0 Å². The Hall–Kier alpha value is -2.23. The highest BCUT2D eigenvalue weighted by molar-refractivity contribution is 7.92. The van der Waals surface area contributed by atoms with Crippen molar-refractivity contribution < 1.29 is 17.5 Å². The molecule has 1 saturated heterocycles. The lowest BCUT2D eigenvalue weighted by Gasteiger charge is -2.26. The van der Waals surface area contributed by atoms with Gasteiger partial charge in [0, 0.05) is 26.2 Å². The average molecular weight is 394 g/mol. The van der Waals surface area contributed by atoms with E-state index in [1.807, 2.05) is 0 Å². The van der Waals surface area contributed by atoms with E-state index in [1.165, 1.54) is 18.3 Å². The molecular formula is C18H23FN4O3S. The summed E-state index contributed by atoms with van der Waals surface area (Å²) < 4.78 is 45.9. The van der Waals surface area contributed by atoms with Crippen LogP contribution in [0.4, 0.5) is 15.9 Å². The van der Waals surface area contributed by atoms with Crippen LogP contribution >= 0.6 is 0 Å². The predicted octanol–water partition coefficient (Wildman–Crippen LogP) is 2.07. The van der Waals surface area contributed by atoms with Crippen LogP contribution in [0.2, 0.25) is 0 Å². The molecule has 2 heterocycles. The van der Waals surface area contributed by atoms with Crippen LogP contribution in [0.5, 0.6) is 0 Å². The van der Waals surface area contributed by atoms with Crippen molar-refractivity contribution in [1.29, 1.82) is 0 Å². The summed E-state index contributed by atoms with van der Waals surface area (Å²) in [5.74, 6) is 0.199. The van der Waals surface area contributed by atoms with Crippen LogP contribution in [0, 0.1) is 12.7 Å². The number of hydrogen-bond donors (Lipinski definition) is 2. The lowest BCUT2D eigenvalue weighted by Crippen LogP contribution is -2.39. The summed E-state index contributed by atoms with van der Waals surface area (Å²) in [6, 6.07) is 6.92. The van der Waals surface area contributed by atoms with Crippen LogP contribution in [0.3, 0.4) is 0 Å². The summed E-state index contributed by atoms with van der Waals surface area (Å²) in [4.78, 5) is 6.58. The monoisotopic (exact) mass is 394 g/mol. The predicted molar refractivity (Wildman–Crippen MR) is 102 cm³/mol. The molecule has 1 aromatic carbocycles.